The van der Waals surface area contributed by atoms with Crippen LogP contribution < -0.4 is 15.2 Å². The van der Waals surface area contributed by atoms with E-state index in [1.54, 1.807) is 20.8 Å². The van der Waals surface area contributed by atoms with Gasteiger partial charge in [-0.1, -0.05) is 12.1 Å². The molecule has 0 aliphatic rings. The van der Waals surface area contributed by atoms with Crippen LogP contribution in [0.1, 0.15) is 31.3 Å². The quantitative estimate of drug-likeness (QED) is 0.416. The molecule has 2 aromatic rings. The van der Waals surface area contributed by atoms with Crippen LogP contribution in [-0.4, -0.2) is 52.5 Å². The standard InChI is InChI=1S/C18H24N4O7S2/c1-18(2,3)29-17(25)20-9-10-21-30(26)13-6-4-12(5-7-13)14-8-11-22(31(19,27)28)15(14)16(23)24/h4-8,11,21H,9-10H2,1-3H3,(H,20,25)(H,23,24)(H2,19,27,28). The number of aromatic nitrogens is 1. The molecule has 0 saturated heterocycles. The molecule has 0 bridgehead atoms. The maximum absolute atomic E-state index is 12.3. The van der Waals surface area contributed by atoms with Gasteiger partial charge in [0.25, 0.3) is 0 Å². The van der Waals surface area contributed by atoms with Crippen LogP contribution >= 0.6 is 0 Å². The maximum atomic E-state index is 12.3. The summed E-state index contributed by atoms with van der Waals surface area (Å²) >= 11 is 0. The largest absolute Gasteiger partial charge is 0.477 e. The predicted octanol–water partition coefficient (Wildman–Crippen LogP) is 1.04. The van der Waals surface area contributed by atoms with Gasteiger partial charge in [0.15, 0.2) is 5.69 Å². The van der Waals surface area contributed by atoms with Gasteiger partial charge in [0, 0.05) is 24.8 Å². The van der Waals surface area contributed by atoms with E-state index in [9.17, 15) is 27.3 Å². The normalized spacial score (nSPS) is 12.9. The van der Waals surface area contributed by atoms with Crippen molar-refractivity contribution in [3.8, 4) is 11.1 Å². The number of nitrogens with one attached hydrogen (secondary N) is 2. The zero-order chi connectivity index (χ0) is 23.4. The Bertz CT molecular complexity index is 1090. The summed E-state index contributed by atoms with van der Waals surface area (Å²) in [6.45, 7) is 5.64. The number of amides is 1. The van der Waals surface area contributed by atoms with E-state index in [4.69, 9.17) is 9.88 Å². The summed E-state index contributed by atoms with van der Waals surface area (Å²) in [4.78, 5) is 23.5. The molecule has 1 amide bonds. The zero-order valence-corrected chi connectivity index (χ0v) is 18.7. The molecule has 31 heavy (non-hydrogen) atoms. The molecule has 1 aromatic heterocycles. The summed E-state index contributed by atoms with van der Waals surface area (Å²) in [5.41, 5.74) is -0.555. The van der Waals surface area contributed by atoms with E-state index in [0.717, 1.165) is 6.20 Å². The first-order valence-corrected chi connectivity index (χ1v) is 11.7. The van der Waals surface area contributed by atoms with E-state index in [0.29, 0.717) is 14.4 Å². The molecule has 0 aliphatic carbocycles. The van der Waals surface area contributed by atoms with Crippen molar-refractivity contribution in [1.82, 2.24) is 14.0 Å². The summed E-state index contributed by atoms with van der Waals surface area (Å²) < 4.78 is 43.8. The van der Waals surface area contributed by atoms with Gasteiger partial charge in [-0.25, -0.2) is 27.6 Å². The van der Waals surface area contributed by atoms with Crippen molar-refractivity contribution in [1.29, 1.82) is 0 Å². The second kappa shape index (κ2) is 9.60. The summed E-state index contributed by atoms with van der Waals surface area (Å²) in [5, 5.41) is 17.0. The van der Waals surface area contributed by atoms with Gasteiger partial charge in [0.2, 0.25) is 0 Å². The van der Waals surface area contributed by atoms with Crippen LogP contribution in [0, 0.1) is 0 Å². The third-order valence-corrected chi connectivity index (χ3v) is 5.75. The van der Waals surface area contributed by atoms with Crippen LogP contribution in [0.2, 0.25) is 0 Å². The molecule has 2 rings (SSSR count). The average molecular weight is 473 g/mol. The fourth-order valence-corrected chi connectivity index (χ4v) is 4.03. The highest BCUT2D eigenvalue weighted by Crippen LogP contribution is 2.26. The third-order valence-electron chi connectivity index (χ3n) is 3.73. The second-order valence-corrected chi connectivity index (χ2v) is 10.1. The lowest BCUT2D eigenvalue weighted by molar-refractivity contribution is 0.0528. The van der Waals surface area contributed by atoms with Crippen LogP contribution in [-0.2, 0) is 25.9 Å². The molecule has 0 radical (unpaired) electrons. The van der Waals surface area contributed by atoms with E-state index in [2.05, 4.69) is 10.0 Å². The molecule has 1 aromatic carbocycles. The summed E-state index contributed by atoms with van der Waals surface area (Å²) in [7, 11) is -5.86. The number of nitrogens with two attached hydrogens (primary N) is 1. The van der Waals surface area contributed by atoms with Gasteiger partial charge in [-0.3, -0.25) is 0 Å². The first kappa shape index (κ1) is 24.5. The number of benzene rings is 1. The number of carboxylic acids is 1. The number of nitrogens with zero attached hydrogens (tertiary/aromatic N) is 1. The van der Waals surface area contributed by atoms with Crippen molar-refractivity contribution in [2.75, 3.05) is 13.1 Å². The van der Waals surface area contributed by atoms with Crippen LogP contribution in [0.5, 0.6) is 0 Å². The van der Waals surface area contributed by atoms with Crippen molar-refractivity contribution in [3.05, 3.63) is 42.2 Å². The summed E-state index contributed by atoms with van der Waals surface area (Å²) in [5.74, 6) is -1.46. The van der Waals surface area contributed by atoms with Gasteiger partial charge in [-0.2, -0.15) is 8.42 Å². The van der Waals surface area contributed by atoms with E-state index in [1.165, 1.54) is 30.3 Å². The van der Waals surface area contributed by atoms with E-state index >= 15 is 0 Å². The molecule has 0 aliphatic heterocycles. The van der Waals surface area contributed by atoms with Crippen LogP contribution in [0.4, 0.5) is 4.79 Å². The predicted molar refractivity (Wildman–Crippen MR) is 114 cm³/mol. The lowest BCUT2D eigenvalue weighted by atomic mass is 10.1. The van der Waals surface area contributed by atoms with Crippen LogP contribution in [0.3, 0.4) is 0 Å². The third kappa shape index (κ3) is 6.89. The number of ether oxygens (including phenoxy) is 1. The number of carboxylic acid groups (broad SMARTS) is 1. The minimum atomic E-state index is -4.28. The smallest absolute Gasteiger partial charge is 0.407 e. The molecule has 13 heteroatoms. The van der Waals surface area contributed by atoms with E-state index in [1.807, 2.05) is 0 Å². The van der Waals surface area contributed by atoms with Crippen LogP contribution in [0.25, 0.3) is 11.1 Å². The Morgan fingerprint density at radius 1 is 1.16 bits per heavy atom. The number of aromatic carboxylic acids is 1. The SMILES string of the molecule is CC(C)(C)OC(=O)NCCNS(=O)c1ccc(-c2ccn(S(N)(=O)=O)c2C(=O)O)cc1. The second-order valence-electron chi connectivity index (χ2n) is 7.34. The van der Waals surface area contributed by atoms with Gasteiger partial charge in [-0.05, 0) is 44.5 Å². The molecule has 1 atom stereocenters. The van der Waals surface area contributed by atoms with Crippen molar-refractivity contribution < 1.29 is 32.1 Å². The fraction of sp³-hybridized carbons (Fsp3) is 0.333. The maximum Gasteiger partial charge on any atom is 0.407 e. The monoisotopic (exact) mass is 472 g/mol. The van der Waals surface area contributed by atoms with Gasteiger partial charge >= 0.3 is 22.3 Å². The molecular weight excluding hydrogens is 448 g/mol. The Morgan fingerprint density at radius 3 is 2.29 bits per heavy atom. The Kier molecular flexibility index (Phi) is 7.59. The average Bonchev–Trinajstić information content (AvgIpc) is 3.09. The number of hydrogen-bond acceptors (Lipinski definition) is 6. The van der Waals surface area contributed by atoms with Crippen LogP contribution in [0.15, 0.2) is 41.4 Å². The molecule has 170 valence electrons. The Hall–Kier alpha value is -2.74. The Morgan fingerprint density at radius 2 is 1.77 bits per heavy atom. The minimum absolute atomic E-state index is 0.147. The Labute approximate surface area is 182 Å². The topological polar surface area (TPSA) is 170 Å². The zero-order valence-electron chi connectivity index (χ0n) is 17.1. The molecular formula is C18H24N4O7S2. The number of carbonyl (C=O) groups is 2. The lowest BCUT2D eigenvalue weighted by Crippen LogP contribution is -2.36. The van der Waals surface area contributed by atoms with Gasteiger partial charge in [0.05, 0.1) is 4.90 Å². The molecule has 1 heterocycles. The molecule has 0 spiro atoms. The molecule has 5 N–H and O–H groups in total. The molecule has 11 nitrogen and oxygen atoms in total. The van der Waals surface area contributed by atoms with E-state index < -0.39 is 44.6 Å². The fourth-order valence-electron chi connectivity index (χ4n) is 2.53. The van der Waals surface area contributed by atoms with Crippen molar-refractivity contribution in [2.45, 2.75) is 31.3 Å². The molecule has 0 saturated carbocycles. The first-order chi connectivity index (χ1) is 14.3. The number of carbonyl (C=O) groups excluding carboxylic acids is 1. The Balaban J connectivity index is 2.03. The lowest BCUT2D eigenvalue weighted by Gasteiger charge is -2.19. The minimum Gasteiger partial charge on any atom is -0.477 e. The number of rotatable bonds is 8. The van der Waals surface area contributed by atoms with Crippen molar-refractivity contribution in [3.63, 3.8) is 0 Å². The van der Waals surface area contributed by atoms with Crippen molar-refractivity contribution >= 4 is 33.3 Å². The highest BCUT2D eigenvalue weighted by molar-refractivity contribution is 7.87. The summed E-state index contributed by atoms with van der Waals surface area (Å²) in [6, 6.07) is 7.38. The number of hydrogen-bond donors (Lipinski definition) is 4. The highest BCUT2D eigenvalue weighted by atomic mass is 32.2. The van der Waals surface area contributed by atoms with Crippen molar-refractivity contribution in [2.24, 2.45) is 5.14 Å². The first-order valence-electron chi connectivity index (χ1n) is 9.00. The van der Waals surface area contributed by atoms with Gasteiger partial charge in [0.1, 0.15) is 16.6 Å². The van der Waals surface area contributed by atoms with Gasteiger partial charge < -0.3 is 15.2 Å². The van der Waals surface area contributed by atoms with E-state index in [-0.39, 0.29) is 18.7 Å². The molecule has 0 fully saturated rings. The van der Waals surface area contributed by atoms with Gasteiger partial charge in [-0.15, -0.1) is 0 Å². The highest BCUT2D eigenvalue weighted by Gasteiger charge is 2.23. The molecule has 1 unspecified atom stereocenters. The number of alkyl carbamates (subject to hydrolysis) is 1. The summed E-state index contributed by atoms with van der Waals surface area (Å²) in [6.07, 6.45) is 0.476.